The average molecular weight is 271 g/mol. The van der Waals surface area contributed by atoms with Crippen LogP contribution in [0.25, 0.3) is 0 Å². The Labute approximate surface area is 109 Å². The van der Waals surface area contributed by atoms with Crippen LogP contribution in [-0.2, 0) is 11.3 Å². The zero-order valence-corrected chi connectivity index (χ0v) is 10.7. The number of aliphatic hydroxyl groups excluding tert-OH is 1. The third kappa shape index (κ3) is 4.30. The van der Waals surface area contributed by atoms with Crippen molar-refractivity contribution >= 4 is 11.6 Å². The Morgan fingerprint density at radius 1 is 1.74 bits per heavy atom. The number of carbonyl (C=O) groups excluding carboxylic acids is 1. The molecule has 1 atom stereocenters. The molecule has 1 heterocycles. The van der Waals surface area contributed by atoms with Crippen LogP contribution in [0.2, 0.25) is 0 Å². The van der Waals surface area contributed by atoms with Crippen LogP contribution in [0.3, 0.4) is 0 Å². The van der Waals surface area contributed by atoms with Gasteiger partial charge < -0.3 is 16.2 Å². The van der Waals surface area contributed by atoms with Crippen molar-refractivity contribution in [3.8, 4) is 0 Å². The molecular weight excluding hydrogens is 254 g/mol. The van der Waals surface area contributed by atoms with E-state index >= 15 is 0 Å². The number of nitrogens with one attached hydrogen (secondary N) is 1. The number of aliphatic hydroxyl groups is 1. The molecule has 1 rings (SSSR count). The molecule has 9 heteroatoms. The molecular formula is C10H17N5O4. The van der Waals surface area contributed by atoms with Gasteiger partial charge in [0.2, 0.25) is 5.91 Å². The first-order valence-corrected chi connectivity index (χ1v) is 5.62. The fraction of sp³-hybridized carbons (Fsp3) is 0.600. The molecule has 0 aromatic carbocycles. The van der Waals surface area contributed by atoms with Crippen LogP contribution in [0.15, 0.2) is 12.4 Å². The lowest BCUT2D eigenvalue weighted by atomic mass is 10.1. The number of primary amides is 1. The van der Waals surface area contributed by atoms with E-state index in [4.69, 9.17) is 5.73 Å². The fourth-order valence-electron chi connectivity index (χ4n) is 1.29. The summed E-state index contributed by atoms with van der Waals surface area (Å²) in [5.74, 6) is -0.533. The highest BCUT2D eigenvalue weighted by atomic mass is 16.6. The Hall–Kier alpha value is -2.00. The normalized spacial score (nSPS) is 13.2. The summed E-state index contributed by atoms with van der Waals surface area (Å²) in [4.78, 5) is 20.9. The Morgan fingerprint density at radius 3 is 2.84 bits per heavy atom. The van der Waals surface area contributed by atoms with Gasteiger partial charge in [0.25, 0.3) is 0 Å². The Kier molecular flexibility index (Phi) is 4.57. The molecule has 1 aromatic heterocycles. The molecule has 0 saturated heterocycles. The number of nitrogens with zero attached hydrogens (tertiary/aromatic N) is 3. The summed E-state index contributed by atoms with van der Waals surface area (Å²) >= 11 is 0. The van der Waals surface area contributed by atoms with E-state index < -0.39 is 22.5 Å². The maximum atomic E-state index is 11.1. The van der Waals surface area contributed by atoms with Gasteiger partial charge in [-0.2, -0.15) is 5.10 Å². The maximum Gasteiger partial charge on any atom is 0.306 e. The lowest BCUT2D eigenvalue weighted by Crippen LogP contribution is -2.53. The molecule has 0 bridgehead atoms. The number of carbonyl (C=O) groups is 1. The van der Waals surface area contributed by atoms with Crippen molar-refractivity contribution in [2.24, 2.45) is 5.73 Å². The van der Waals surface area contributed by atoms with E-state index in [0.717, 1.165) is 6.20 Å². The molecule has 0 spiro atoms. The zero-order chi connectivity index (χ0) is 14.6. The van der Waals surface area contributed by atoms with Crippen LogP contribution in [0.5, 0.6) is 0 Å². The molecule has 0 radical (unpaired) electrons. The molecule has 1 amide bonds. The molecule has 1 aromatic rings. The van der Waals surface area contributed by atoms with Crippen LogP contribution >= 0.6 is 0 Å². The molecule has 0 aliphatic rings. The topological polar surface area (TPSA) is 136 Å². The van der Waals surface area contributed by atoms with E-state index in [1.807, 2.05) is 0 Å². The molecule has 0 aliphatic carbocycles. The molecule has 0 fully saturated rings. The van der Waals surface area contributed by atoms with E-state index in [0.29, 0.717) is 0 Å². The lowest BCUT2D eigenvalue weighted by molar-refractivity contribution is -0.385. The molecule has 0 saturated carbocycles. The van der Waals surface area contributed by atoms with Crippen LogP contribution in [0.4, 0.5) is 5.69 Å². The minimum absolute atomic E-state index is 0.0790. The quantitative estimate of drug-likeness (QED) is 0.430. The maximum absolute atomic E-state index is 11.1. The van der Waals surface area contributed by atoms with E-state index in [1.54, 1.807) is 13.8 Å². The lowest BCUT2D eigenvalue weighted by Gasteiger charge is -2.24. The summed E-state index contributed by atoms with van der Waals surface area (Å²) in [7, 11) is 0. The van der Waals surface area contributed by atoms with Gasteiger partial charge in [0.15, 0.2) is 0 Å². The number of aromatic nitrogens is 2. The van der Waals surface area contributed by atoms with Crippen LogP contribution in [0, 0.1) is 10.1 Å². The van der Waals surface area contributed by atoms with Crippen molar-refractivity contribution < 1.29 is 14.8 Å². The van der Waals surface area contributed by atoms with Gasteiger partial charge in [0.1, 0.15) is 12.4 Å². The van der Waals surface area contributed by atoms with E-state index in [2.05, 4.69) is 10.4 Å². The molecule has 4 N–H and O–H groups in total. The monoisotopic (exact) mass is 271 g/mol. The summed E-state index contributed by atoms with van der Waals surface area (Å²) in [6, 6.07) is 0. The summed E-state index contributed by atoms with van der Waals surface area (Å²) in [6.07, 6.45) is 1.48. The Balaban J connectivity index is 2.49. The third-order valence-electron chi connectivity index (χ3n) is 2.62. The van der Waals surface area contributed by atoms with Gasteiger partial charge in [-0.1, -0.05) is 0 Å². The smallest absolute Gasteiger partial charge is 0.306 e. The Morgan fingerprint density at radius 2 is 2.37 bits per heavy atom. The second-order valence-electron chi connectivity index (χ2n) is 4.70. The predicted molar refractivity (Wildman–Crippen MR) is 66.2 cm³/mol. The number of nitro groups is 1. The minimum Gasteiger partial charge on any atom is -0.390 e. The fourth-order valence-corrected chi connectivity index (χ4v) is 1.29. The third-order valence-corrected chi connectivity index (χ3v) is 2.62. The second-order valence-corrected chi connectivity index (χ2v) is 4.70. The predicted octanol–water partition coefficient (Wildman–Crippen LogP) is -0.994. The standard InChI is InChI=1S/C10H17N5O4/c1-10(2,9(11)17)12-4-8(16)6-14-5-7(3-13-14)15(18)19/h3,5,8,12,16H,4,6H2,1-2H3,(H2,11,17). The highest BCUT2D eigenvalue weighted by molar-refractivity contribution is 5.83. The average Bonchev–Trinajstić information content (AvgIpc) is 2.75. The zero-order valence-electron chi connectivity index (χ0n) is 10.7. The second kappa shape index (κ2) is 5.76. The van der Waals surface area contributed by atoms with E-state index in [1.165, 1.54) is 10.9 Å². The molecule has 106 valence electrons. The van der Waals surface area contributed by atoms with Crippen molar-refractivity contribution in [1.29, 1.82) is 0 Å². The van der Waals surface area contributed by atoms with Crippen LogP contribution in [0.1, 0.15) is 13.8 Å². The number of β-amino-alcohol motifs (C(OH)–C–C–N with tert-alkyl or cyclic N) is 1. The number of amides is 1. The van der Waals surface area contributed by atoms with Gasteiger partial charge in [-0.25, -0.2) is 0 Å². The number of hydrogen-bond donors (Lipinski definition) is 3. The van der Waals surface area contributed by atoms with Crippen molar-refractivity contribution in [2.75, 3.05) is 6.54 Å². The first-order chi connectivity index (χ1) is 8.72. The number of rotatable bonds is 7. The molecule has 9 nitrogen and oxygen atoms in total. The first kappa shape index (κ1) is 15.1. The molecule has 19 heavy (non-hydrogen) atoms. The van der Waals surface area contributed by atoms with Gasteiger partial charge in [-0.15, -0.1) is 0 Å². The summed E-state index contributed by atoms with van der Waals surface area (Å²) < 4.78 is 1.27. The van der Waals surface area contributed by atoms with Crippen molar-refractivity contribution in [3.05, 3.63) is 22.5 Å². The van der Waals surface area contributed by atoms with Crippen LogP contribution in [-0.4, -0.2) is 43.9 Å². The van der Waals surface area contributed by atoms with Gasteiger partial charge in [0, 0.05) is 6.54 Å². The van der Waals surface area contributed by atoms with E-state index in [-0.39, 0.29) is 18.8 Å². The highest BCUT2D eigenvalue weighted by Gasteiger charge is 2.25. The number of hydrogen-bond acceptors (Lipinski definition) is 6. The van der Waals surface area contributed by atoms with Crippen LogP contribution < -0.4 is 11.1 Å². The minimum atomic E-state index is -0.933. The summed E-state index contributed by atoms with van der Waals surface area (Å²) in [5, 5.41) is 26.8. The molecule has 1 unspecified atom stereocenters. The van der Waals surface area contributed by atoms with E-state index in [9.17, 15) is 20.0 Å². The van der Waals surface area contributed by atoms with Gasteiger partial charge >= 0.3 is 5.69 Å². The van der Waals surface area contributed by atoms with Crippen molar-refractivity contribution in [2.45, 2.75) is 32.0 Å². The number of nitrogens with two attached hydrogens (primary N) is 1. The summed E-state index contributed by atoms with van der Waals surface area (Å²) in [5.41, 5.74) is 4.10. The highest BCUT2D eigenvalue weighted by Crippen LogP contribution is 2.08. The van der Waals surface area contributed by atoms with Gasteiger partial charge in [-0.3, -0.25) is 19.6 Å². The first-order valence-electron chi connectivity index (χ1n) is 5.62. The SMILES string of the molecule is CC(C)(NCC(O)Cn1cc([N+](=O)[O-])cn1)C(N)=O. The van der Waals surface area contributed by atoms with Crippen molar-refractivity contribution in [1.82, 2.24) is 15.1 Å². The largest absolute Gasteiger partial charge is 0.390 e. The van der Waals surface area contributed by atoms with Crippen molar-refractivity contribution in [3.63, 3.8) is 0 Å². The van der Waals surface area contributed by atoms with Gasteiger partial charge in [0.05, 0.1) is 23.1 Å². The Bertz CT molecular complexity index is 470. The van der Waals surface area contributed by atoms with Gasteiger partial charge in [-0.05, 0) is 13.8 Å². The molecule has 0 aliphatic heterocycles. The summed E-state index contributed by atoms with van der Waals surface area (Å²) in [6.45, 7) is 3.39.